The number of sulfonamides is 1. The molecule has 0 radical (unpaired) electrons. The fourth-order valence-electron chi connectivity index (χ4n) is 3.86. The number of halogens is 1. The first-order valence-electron chi connectivity index (χ1n) is 10.8. The fourth-order valence-corrected chi connectivity index (χ4v) is 5.09. The van der Waals surface area contributed by atoms with Crippen molar-refractivity contribution in [2.24, 2.45) is 0 Å². The van der Waals surface area contributed by atoms with E-state index in [9.17, 15) is 8.42 Å². The first-order valence-corrected chi connectivity index (χ1v) is 12.7. The van der Waals surface area contributed by atoms with Crippen LogP contribution in [0.4, 0.5) is 5.95 Å². The summed E-state index contributed by atoms with van der Waals surface area (Å²) >= 11 is 5.86. The van der Waals surface area contributed by atoms with Gasteiger partial charge in [-0.05, 0) is 19.8 Å². The van der Waals surface area contributed by atoms with E-state index in [-0.39, 0.29) is 35.1 Å². The predicted molar refractivity (Wildman–Crippen MR) is 130 cm³/mol. The van der Waals surface area contributed by atoms with Crippen LogP contribution >= 0.6 is 11.6 Å². The molecule has 2 unspecified atom stereocenters. The van der Waals surface area contributed by atoms with Crippen LogP contribution in [-0.4, -0.2) is 69.7 Å². The topological polar surface area (TPSA) is 156 Å². The Bertz CT molecular complexity index is 1330. The maximum absolute atomic E-state index is 13.5. The summed E-state index contributed by atoms with van der Waals surface area (Å²) in [4.78, 5) is 16.5. The second kappa shape index (κ2) is 10.3. The van der Waals surface area contributed by atoms with Gasteiger partial charge in [0.15, 0.2) is 11.5 Å². The molecule has 1 saturated carbocycles. The van der Waals surface area contributed by atoms with Gasteiger partial charge in [0.1, 0.15) is 23.5 Å². The molecular formula is C21H25ClN8O5S. The molecule has 0 spiro atoms. The number of methoxy groups -OCH3 is 3. The number of nitrogens with zero attached hydrogens (tertiary/aromatic N) is 7. The summed E-state index contributed by atoms with van der Waals surface area (Å²) < 4.78 is 47.3. The van der Waals surface area contributed by atoms with Crippen LogP contribution in [0.3, 0.4) is 0 Å². The van der Waals surface area contributed by atoms with Gasteiger partial charge in [0.2, 0.25) is 27.7 Å². The van der Waals surface area contributed by atoms with Crippen molar-refractivity contribution < 1.29 is 22.6 Å². The van der Waals surface area contributed by atoms with E-state index in [0.717, 1.165) is 5.57 Å². The minimum absolute atomic E-state index is 0.0375. The molecule has 1 aliphatic rings. The van der Waals surface area contributed by atoms with E-state index in [1.807, 2.05) is 0 Å². The van der Waals surface area contributed by atoms with Gasteiger partial charge in [-0.3, -0.25) is 9.29 Å². The average Bonchev–Trinajstić information content (AvgIpc) is 3.24. The number of aromatic nitrogens is 7. The minimum atomic E-state index is -4.12. The summed E-state index contributed by atoms with van der Waals surface area (Å²) in [7, 11) is 0.120. The van der Waals surface area contributed by atoms with Gasteiger partial charge in [0.25, 0.3) is 0 Å². The number of rotatable bonds is 10. The SMILES string of the molecule is C=C1CC(c2nnc(NS(=O)(=O)C(C)C(OC)c3ncc(Cl)cn3)n2-c2c(OC)ncnc2OC)C1. The molecule has 192 valence electrons. The first kappa shape index (κ1) is 25.7. The van der Waals surface area contributed by atoms with Crippen LogP contribution in [0.5, 0.6) is 11.8 Å². The number of anilines is 1. The van der Waals surface area contributed by atoms with Crippen molar-refractivity contribution in [1.82, 2.24) is 34.7 Å². The molecule has 2 atom stereocenters. The van der Waals surface area contributed by atoms with Gasteiger partial charge in [-0.2, -0.15) is 9.97 Å². The Hall–Kier alpha value is -3.36. The number of allylic oxidation sites excluding steroid dienone is 1. The molecular weight excluding hydrogens is 512 g/mol. The first-order chi connectivity index (χ1) is 17.2. The number of hydrogen-bond donors (Lipinski definition) is 1. The average molecular weight is 537 g/mol. The zero-order chi connectivity index (χ0) is 26.0. The van der Waals surface area contributed by atoms with Crippen molar-refractivity contribution in [3.63, 3.8) is 0 Å². The maximum Gasteiger partial charge on any atom is 0.245 e. The van der Waals surface area contributed by atoms with Crippen molar-refractivity contribution in [1.29, 1.82) is 0 Å². The summed E-state index contributed by atoms with van der Waals surface area (Å²) in [5.41, 5.74) is 1.31. The van der Waals surface area contributed by atoms with Crippen LogP contribution in [0, 0.1) is 0 Å². The summed E-state index contributed by atoms with van der Waals surface area (Å²) in [6, 6.07) is 0. The molecule has 1 aliphatic carbocycles. The Morgan fingerprint density at radius 2 is 1.69 bits per heavy atom. The number of hydrogen-bond acceptors (Lipinski definition) is 11. The van der Waals surface area contributed by atoms with E-state index in [1.165, 1.54) is 51.5 Å². The lowest BCUT2D eigenvalue weighted by atomic mass is 9.80. The Balaban J connectivity index is 1.77. The zero-order valence-corrected chi connectivity index (χ0v) is 21.6. The van der Waals surface area contributed by atoms with E-state index in [1.54, 1.807) is 0 Å². The van der Waals surface area contributed by atoms with Crippen molar-refractivity contribution >= 4 is 27.6 Å². The third kappa shape index (κ3) is 4.83. The largest absolute Gasteiger partial charge is 0.479 e. The van der Waals surface area contributed by atoms with E-state index in [0.29, 0.717) is 23.7 Å². The van der Waals surface area contributed by atoms with Gasteiger partial charge in [0.05, 0.1) is 19.2 Å². The molecule has 0 aromatic carbocycles. The van der Waals surface area contributed by atoms with Gasteiger partial charge in [-0.25, -0.2) is 18.4 Å². The molecule has 3 aromatic heterocycles. The van der Waals surface area contributed by atoms with E-state index < -0.39 is 21.4 Å². The quantitative estimate of drug-likeness (QED) is 0.379. The van der Waals surface area contributed by atoms with E-state index in [4.69, 9.17) is 25.8 Å². The molecule has 0 amide bonds. The Kier molecular flexibility index (Phi) is 7.38. The monoisotopic (exact) mass is 536 g/mol. The molecule has 1 fully saturated rings. The molecule has 3 heterocycles. The van der Waals surface area contributed by atoms with Crippen LogP contribution in [-0.2, 0) is 14.8 Å². The molecule has 0 saturated heterocycles. The molecule has 0 bridgehead atoms. The minimum Gasteiger partial charge on any atom is -0.479 e. The Morgan fingerprint density at radius 3 is 2.22 bits per heavy atom. The molecule has 4 rings (SSSR count). The lowest BCUT2D eigenvalue weighted by Crippen LogP contribution is -2.33. The lowest BCUT2D eigenvalue weighted by molar-refractivity contribution is 0.0950. The highest BCUT2D eigenvalue weighted by Crippen LogP contribution is 2.43. The standard InChI is InChI=1S/C21H25ClN8O5S/c1-11-6-13(7-11)18-27-28-21(30(18)15-19(34-4)25-10-26-20(15)35-5)29-36(31,32)12(2)16(33-3)17-23-8-14(22)9-24-17/h8-10,12-13,16H,1,6-7H2,2-5H3,(H,28,29). The molecule has 13 nitrogen and oxygen atoms in total. The Labute approximate surface area is 213 Å². The summed E-state index contributed by atoms with van der Waals surface area (Å²) in [6.07, 6.45) is 4.38. The van der Waals surface area contributed by atoms with Crippen molar-refractivity contribution in [3.8, 4) is 17.4 Å². The van der Waals surface area contributed by atoms with Gasteiger partial charge < -0.3 is 14.2 Å². The normalized spacial score (nSPS) is 15.8. The van der Waals surface area contributed by atoms with Crippen LogP contribution in [0.25, 0.3) is 5.69 Å². The maximum atomic E-state index is 13.5. The third-order valence-electron chi connectivity index (χ3n) is 5.79. The lowest BCUT2D eigenvalue weighted by Gasteiger charge is -2.28. The zero-order valence-electron chi connectivity index (χ0n) is 20.0. The highest BCUT2D eigenvalue weighted by atomic mass is 35.5. The van der Waals surface area contributed by atoms with Crippen LogP contribution in [0.15, 0.2) is 30.9 Å². The van der Waals surface area contributed by atoms with Gasteiger partial charge in [-0.1, -0.05) is 23.8 Å². The van der Waals surface area contributed by atoms with Crippen LogP contribution in [0.1, 0.15) is 43.4 Å². The second-order valence-corrected chi connectivity index (χ2v) is 10.6. The van der Waals surface area contributed by atoms with Crippen LogP contribution < -0.4 is 14.2 Å². The highest BCUT2D eigenvalue weighted by molar-refractivity contribution is 7.93. The molecule has 1 N–H and O–H groups in total. The molecule has 0 aliphatic heterocycles. The Morgan fingerprint density at radius 1 is 1.08 bits per heavy atom. The number of ether oxygens (including phenoxy) is 3. The third-order valence-corrected chi connectivity index (χ3v) is 7.68. The highest BCUT2D eigenvalue weighted by Gasteiger charge is 2.37. The van der Waals surface area contributed by atoms with Crippen molar-refractivity contribution in [2.45, 2.75) is 37.0 Å². The van der Waals surface area contributed by atoms with Gasteiger partial charge in [0, 0.05) is 25.4 Å². The van der Waals surface area contributed by atoms with Crippen molar-refractivity contribution in [3.05, 3.63) is 47.5 Å². The predicted octanol–water partition coefficient (Wildman–Crippen LogP) is 2.47. The second-order valence-electron chi connectivity index (χ2n) is 8.08. The van der Waals surface area contributed by atoms with Gasteiger partial charge >= 0.3 is 0 Å². The smallest absolute Gasteiger partial charge is 0.245 e. The van der Waals surface area contributed by atoms with E-state index in [2.05, 4.69) is 41.4 Å². The summed E-state index contributed by atoms with van der Waals surface area (Å²) in [6.45, 7) is 5.45. The molecule has 36 heavy (non-hydrogen) atoms. The molecule has 15 heteroatoms. The summed E-state index contributed by atoms with van der Waals surface area (Å²) in [5, 5.41) is 7.62. The molecule has 3 aromatic rings. The van der Waals surface area contributed by atoms with Crippen LogP contribution in [0.2, 0.25) is 5.02 Å². The number of nitrogens with one attached hydrogen (secondary N) is 1. The van der Waals surface area contributed by atoms with Crippen molar-refractivity contribution in [2.75, 3.05) is 26.1 Å². The van der Waals surface area contributed by atoms with E-state index >= 15 is 0 Å². The fraction of sp³-hybridized carbons (Fsp3) is 0.429. The summed E-state index contributed by atoms with van der Waals surface area (Å²) in [5.74, 6) is 0.827. The van der Waals surface area contributed by atoms with Gasteiger partial charge in [-0.15, -0.1) is 10.2 Å².